The second-order valence-corrected chi connectivity index (χ2v) is 4.10. The summed E-state index contributed by atoms with van der Waals surface area (Å²) in [5, 5.41) is 12.3. The molecule has 0 spiro atoms. The number of nitrogens with zero attached hydrogens (tertiary/aromatic N) is 1. The van der Waals surface area contributed by atoms with Crippen LogP contribution < -0.4 is 5.32 Å². The molecule has 1 aromatic heterocycles. The van der Waals surface area contributed by atoms with Crippen LogP contribution in [-0.4, -0.2) is 22.7 Å². The van der Waals surface area contributed by atoms with E-state index >= 15 is 0 Å². The maximum absolute atomic E-state index is 8.99. The number of aryl methyl sites for hydroxylation is 1. The van der Waals surface area contributed by atoms with E-state index in [1.807, 2.05) is 32.0 Å². The minimum atomic E-state index is 0.218. The third-order valence-electron chi connectivity index (χ3n) is 2.69. The number of nitrogens with one attached hydrogen (secondary N) is 1. The normalized spacial score (nSPS) is 14.9. The highest BCUT2D eigenvalue weighted by molar-refractivity contribution is 5.09. The van der Waals surface area contributed by atoms with Crippen molar-refractivity contribution in [2.75, 3.05) is 6.61 Å². The predicted molar refractivity (Wildman–Crippen MR) is 61.5 cm³/mol. The zero-order valence-electron chi connectivity index (χ0n) is 9.70. The van der Waals surface area contributed by atoms with E-state index in [2.05, 4.69) is 17.2 Å². The Balaban J connectivity index is 2.43. The van der Waals surface area contributed by atoms with Crippen molar-refractivity contribution in [3.8, 4) is 0 Å². The fraction of sp³-hybridized carbons (Fsp3) is 0.583. The van der Waals surface area contributed by atoms with Gasteiger partial charge in [-0.05, 0) is 31.9 Å². The van der Waals surface area contributed by atoms with Gasteiger partial charge in [0.25, 0.3) is 0 Å². The first-order chi connectivity index (χ1) is 7.13. The molecule has 0 fully saturated rings. The van der Waals surface area contributed by atoms with Crippen LogP contribution in [0.2, 0.25) is 0 Å². The van der Waals surface area contributed by atoms with Crippen molar-refractivity contribution in [2.24, 2.45) is 5.92 Å². The van der Waals surface area contributed by atoms with Gasteiger partial charge in [-0.25, -0.2) is 0 Å². The Morgan fingerprint density at radius 2 is 2.13 bits per heavy atom. The predicted octanol–water partition coefficient (Wildman–Crippen LogP) is 1.50. The number of pyridine rings is 1. The number of aromatic nitrogens is 1. The molecule has 0 bridgehead atoms. The van der Waals surface area contributed by atoms with Crippen LogP contribution in [-0.2, 0) is 6.54 Å². The van der Waals surface area contributed by atoms with Gasteiger partial charge in [-0.15, -0.1) is 0 Å². The summed E-state index contributed by atoms with van der Waals surface area (Å²) in [6.07, 6.45) is 0. The van der Waals surface area contributed by atoms with Crippen molar-refractivity contribution in [3.05, 3.63) is 29.6 Å². The fourth-order valence-electron chi connectivity index (χ4n) is 1.32. The third-order valence-corrected chi connectivity index (χ3v) is 2.69. The minimum absolute atomic E-state index is 0.218. The summed E-state index contributed by atoms with van der Waals surface area (Å²) in [6, 6.07) is 6.32. The molecule has 2 unspecified atom stereocenters. The first-order valence-electron chi connectivity index (χ1n) is 5.40. The summed E-state index contributed by atoms with van der Waals surface area (Å²) in [5.41, 5.74) is 2.09. The molecule has 0 aromatic carbocycles. The maximum atomic E-state index is 8.99. The smallest absolute Gasteiger partial charge is 0.0544 e. The summed E-state index contributed by atoms with van der Waals surface area (Å²) < 4.78 is 0. The molecule has 1 rings (SSSR count). The molecule has 0 aliphatic heterocycles. The van der Waals surface area contributed by atoms with Gasteiger partial charge in [-0.1, -0.05) is 13.0 Å². The Kier molecular flexibility index (Phi) is 4.72. The molecule has 15 heavy (non-hydrogen) atoms. The standard InChI is InChI=1S/C12H20N2O/c1-9(8-15)11(3)13-7-12-6-4-5-10(2)14-12/h4-6,9,11,13,15H,7-8H2,1-3H3. The minimum Gasteiger partial charge on any atom is -0.396 e. The Bertz CT molecular complexity index is 301. The summed E-state index contributed by atoms with van der Waals surface area (Å²) in [5.74, 6) is 0.273. The van der Waals surface area contributed by atoms with Crippen LogP contribution in [0, 0.1) is 12.8 Å². The molecule has 1 heterocycles. The van der Waals surface area contributed by atoms with Gasteiger partial charge in [0.2, 0.25) is 0 Å². The highest BCUT2D eigenvalue weighted by atomic mass is 16.3. The van der Waals surface area contributed by atoms with E-state index < -0.39 is 0 Å². The molecule has 0 aliphatic carbocycles. The van der Waals surface area contributed by atoms with Gasteiger partial charge in [-0.2, -0.15) is 0 Å². The van der Waals surface area contributed by atoms with Crippen LogP contribution in [0.3, 0.4) is 0 Å². The van der Waals surface area contributed by atoms with E-state index in [-0.39, 0.29) is 12.5 Å². The van der Waals surface area contributed by atoms with Crippen molar-refractivity contribution in [2.45, 2.75) is 33.4 Å². The van der Waals surface area contributed by atoms with Crippen LogP contribution >= 0.6 is 0 Å². The van der Waals surface area contributed by atoms with Crippen LogP contribution in [0.25, 0.3) is 0 Å². The largest absolute Gasteiger partial charge is 0.396 e. The van der Waals surface area contributed by atoms with Gasteiger partial charge in [0.15, 0.2) is 0 Å². The van der Waals surface area contributed by atoms with Gasteiger partial charge in [0, 0.05) is 24.9 Å². The highest BCUT2D eigenvalue weighted by Crippen LogP contribution is 2.03. The monoisotopic (exact) mass is 208 g/mol. The van der Waals surface area contributed by atoms with Crippen molar-refractivity contribution in [1.82, 2.24) is 10.3 Å². The molecule has 1 aromatic rings. The number of rotatable bonds is 5. The Labute approximate surface area is 91.5 Å². The van der Waals surface area contributed by atoms with E-state index in [9.17, 15) is 0 Å². The molecular formula is C12H20N2O. The fourth-order valence-corrected chi connectivity index (χ4v) is 1.32. The molecule has 0 saturated carbocycles. The van der Waals surface area contributed by atoms with Crippen LogP contribution in [0.15, 0.2) is 18.2 Å². The van der Waals surface area contributed by atoms with Gasteiger partial charge >= 0.3 is 0 Å². The van der Waals surface area contributed by atoms with Gasteiger partial charge in [-0.3, -0.25) is 4.98 Å². The Morgan fingerprint density at radius 1 is 1.40 bits per heavy atom. The molecule has 3 nitrogen and oxygen atoms in total. The SMILES string of the molecule is Cc1cccc(CNC(C)C(C)CO)n1. The number of aliphatic hydroxyl groups is 1. The molecule has 2 atom stereocenters. The van der Waals surface area contributed by atoms with Crippen molar-refractivity contribution >= 4 is 0 Å². The van der Waals surface area contributed by atoms with Crippen LogP contribution in [0.4, 0.5) is 0 Å². The Hall–Kier alpha value is -0.930. The van der Waals surface area contributed by atoms with Crippen LogP contribution in [0.5, 0.6) is 0 Å². The molecule has 2 N–H and O–H groups in total. The lowest BCUT2D eigenvalue weighted by atomic mass is 10.1. The number of hydrogen-bond acceptors (Lipinski definition) is 3. The van der Waals surface area contributed by atoms with E-state index in [4.69, 9.17) is 5.11 Å². The molecule has 84 valence electrons. The zero-order valence-corrected chi connectivity index (χ0v) is 9.70. The molecule has 3 heteroatoms. The van der Waals surface area contributed by atoms with E-state index in [0.717, 1.165) is 17.9 Å². The van der Waals surface area contributed by atoms with E-state index in [1.54, 1.807) is 0 Å². The molecule has 0 aliphatic rings. The van der Waals surface area contributed by atoms with Gasteiger partial charge < -0.3 is 10.4 Å². The number of hydrogen-bond donors (Lipinski definition) is 2. The summed E-state index contributed by atoms with van der Waals surface area (Å²) >= 11 is 0. The average molecular weight is 208 g/mol. The lowest BCUT2D eigenvalue weighted by Gasteiger charge is -2.19. The van der Waals surface area contributed by atoms with E-state index in [1.165, 1.54) is 0 Å². The zero-order chi connectivity index (χ0) is 11.3. The molecule has 0 radical (unpaired) electrons. The molecule has 0 amide bonds. The number of aliphatic hydroxyl groups excluding tert-OH is 1. The van der Waals surface area contributed by atoms with E-state index in [0.29, 0.717) is 6.04 Å². The summed E-state index contributed by atoms with van der Waals surface area (Å²) in [7, 11) is 0. The second-order valence-electron chi connectivity index (χ2n) is 4.10. The topological polar surface area (TPSA) is 45.1 Å². The first-order valence-corrected chi connectivity index (χ1v) is 5.40. The Morgan fingerprint density at radius 3 is 2.73 bits per heavy atom. The van der Waals surface area contributed by atoms with Crippen molar-refractivity contribution in [3.63, 3.8) is 0 Å². The molecule has 0 saturated heterocycles. The van der Waals surface area contributed by atoms with Crippen molar-refractivity contribution in [1.29, 1.82) is 0 Å². The lowest BCUT2D eigenvalue weighted by Crippen LogP contribution is -2.33. The van der Waals surface area contributed by atoms with Gasteiger partial charge in [0.05, 0.1) is 5.69 Å². The quantitative estimate of drug-likeness (QED) is 0.770. The van der Waals surface area contributed by atoms with Crippen LogP contribution in [0.1, 0.15) is 25.2 Å². The first kappa shape index (κ1) is 12.1. The lowest BCUT2D eigenvalue weighted by molar-refractivity contribution is 0.206. The van der Waals surface area contributed by atoms with Crippen molar-refractivity contribution < 1.29 is 5.11 Å². The van der Waals surface area contributed by atoms with Gasteiger partial charge in [0.1, 0.15) is 0 Å². The average Bonchev–Trinajstić information content (AvgIpc) is 2.25. The highest BCUT2D eigenvalue weighted by Gasteiger charge is 2.09. The summed E-state index contributed by atoms with van der Waals surface area (Å²) in [4.78, 5) is 4.41. The summed E-state index contributed by atoms with van der Waals surface area (Å²) in [6.45, 7) is 7.07. The molecular weight excluding hydrogens is 188 g/mol. The second kappa shape index (κ2) is 5.83. The maximum Gasteiger partial charge on any atom is 0.0544 e. The third kappa shape index (κ3) is 3.98.